The predicted molar refractivity (Wildman–Crippen MR) is 96.4 cm³/mol. The summed E-state index contributed by atoms with van der Waals surface area (Å²) >= 11 is 6.02. The van der Waals surface area contributed by atoms with E-state index in [0.29, 0.717) is 35.1 Å². The lowest BCUT2D eigenvalue weighted by Crippen LogP contribution is -2.44. The normalized spacial score (nSPS) is 16.1. The average molecular weight is 368 g/mol. The minimum atomic E-state index is -0.445. The standard InChI is InChI=1S/C19H14ClN3O3/c20-13-5-3-4-12(10-13)17-21-8-9-22(17)16(24)11-23-18(25)14-6-1-2-7-15(14)19(23)26/h1-7,10H,8-9,11H2. The molecule has 130 valence electrons. The fourth-order valence-electron chi connectivity index (χ4n) is 3.17. The summed E-state index contributed by atoms with van der Waals surface area (Å²) in [5.41, 5.74) is 1.39. The van der Waals surface area contributed by atoms with Gasteiger partial charge in [-0.15, -0.1) is 0 Å². The summed E-state index contributed by atoms with van der Waals surface area (Å²) in [5.74, 6) is -0.733. The fraction of sp³-hybridized carbons (Fsp3) is 0.158. The Labute approximate surface area is 154 Å². The fourth-order valence-corrected chi connectivity index (χ4v) is 3.36. The number of carbonyl (C=O) groups excluding carboxylic acids is 3. The second-order valence-corrected chi connectivity index (χ2v) is 6.44. The molecule has 0 saturated heterocycles. The molecule has 3 amide bonds. The van der Waals surface area contributed by atoms with Crippen molar-refractivity contribution >= 4 is 35.2 Å². The monoisotopic (exact) mass is 367 g/mol. The van der Waals surface area contributed by atoms with Crippen LogP contribution in [0.15, 0.2) is 53.5 Å². The molecule has 0 aliphatic carbocycles. The summed E-state index contributed by atoms with van der Waals surface area (Å²) in [4.78, 5) is 44.5. The number of amides is 3. The van der Waals surface area contributed by atoms with Gasteiger partial charge in [-0.1, -0.05) is 35.9 Å². The van der Waals surface area contributed by atoms with E-state index in [1.165, 1.54) is 4.90 Å². The van der Waals surface area contributed by atoms with Gasteiger partial charge < -0.3 is 0 Å². The number of benzene rings is 2. The zero-order chi connectivity index (χ0) is 18.3. The van der Waals surface area contributed by atoms with Crippen molar-refractivity contribution in [3.8, 4) is 0 Å². The highest BCUT2D eigenvalue weighted by Crippen LogP contribution is 2.23. The van der Waals surface area contributed by atoms with Crippen molar-refractivity contribution in [2.24, 2.45) is 4.99 Å². The van der Waals surface area contributed by atoms with Crippen LogP contribution < -0.4 is 0 Å². The summed E-state index contributed by atoms with van der Waals surface area (Å²) in [6, 6.07) is 13.6. The number of hydrogen-bond acceptors (Lipinski definition) is 4. The van der Waals surface area contributed by atoms with Crippen molar-refractivity contribution < 1.29 is 14.4 Å². The molecule has 0 spiro atoms. The van der Waals surface area contributed by atoms with E-state index in [1.807, 2.05) is 6.07 Å². The van der Waals surface area contributed by atoms with Gasteiger partial charge in [0.1, 0.15) is 12.4 Å². The zero-order valence-electron chi connectivity index (χ0n) is 13.7. The molecule has 6 nitrogen and oxygen atoms in total. The molecule has 2 aromatic carbocycles. The van der Waals surface area contributed by atoms with Crippen LogP contribution in [0.5, 0.6) is 0 Å². The first kappa shape index (κ1) is 16.5. The van der Waals surface area contributed by atoms with Crippen LogP contribution in [0, 0.1) is 0 Å². The molecular formula is C19H14ClN3O3. The van der Waals surface area contributed by atoms with Crippen molar-refractivity contribution in [3.05, 3.63) is 70.2 Å². The van der Waals surface area contributed by atoms with E-state index in [0.717, 1.165) is 10.5 Å². The lowest BCUT2D eigenvalue weighted by Gasteiger charge is -2.21. The number of aliphatic imine (C=N–C) groups is 1. The molecule has 7 heteroatoms. The first-order valence-corrected chi connectivity index (χ1v) is 8.50. The number of amidine groups is 1. The minimum absolute atomic E-state index is 0.314. The third-order valence-corrected chi connectivity index (χ3v) is 4.63. The molecule has 2 aliphatic rings. The molecule has 2 heterocycles. The highest BCUT2D eigenvalue weighted by molar-refractivity contribution is 6.31. The number of hydrogen-bond donors (Lipinski definition) is 0. The molecule has 0 N–H and O–H groups in total. The minimum Gasteiger partial charge on any atom is -0.293 e. The molecule has 0 radical (unpaired) electrons. The quantitative estimate of drug-likeness (QED) is 0.781. The molecule has 26 heavy (non-hydrogen) atoms. The lowest BCUT2D eigenvalue weighted by molar-refractivity contribution is -0.127. The van der Waals surface area contributed by atoms with E-state index in [9.17, 15) is 14.4 Å². The van der Waals surface area contributed by atoms with Crippen LogP contribution >= 0.6 is 11.6 Å². The van der Waals surface area contributed by atoms with Crippen LogP contribution in [0.3, 0.4) is 0 Å². The number of halogens is 1. The molecule has 2 aromatic rings. The van der Waals surface area contributed by atoms with Crippen LogP contribution in [0.4, 0.5) is 0 Å². The smallest absolute Gasteiger partial charge is 0.262 e. The molecule has 0 saturated carbocycles. The summed E-state index contributed by atoms with van der Waals surface area (Å²) < 4.78 is 0. The Morgan fingerprint density at radius 3 is 2.38 bits per heavy atom. The predicted octanol–water partition coefficient (Wildman–Crippen LogP) is 2.23. The number of carbonyl (C=O) groups is 3. The van der Waals surface area contributed by atoms with Gasteiger partial charge in [0.25, 0.3) is 11.8 Å². The second kappa shape index (κ2) is 6.38. The first-order chi connectivity index (χ1) is 12.6. The van der Waals surface area contributed by atoms with E-state index < -0.39 is 11.8 Å². The van der Waals surface area contributed by atoms with Gasteiger partial charge in [0.05, 0.1) is 17.7 Å². The van der Waals surface area contributed by atoms with Crippen LogP contribution in [0.1, 0.15) is 26.3 Å². The van der Waals surface area contributed by atoms with Crippen molar-refractivity contribution in [3.63, 3.8) is 0 Å². The average Bonchev–Trinajstić information content (AvgIpc) is 3.22. The third kappa shape index (κ3) is 2.68. The lowest BCUT2D eigenvalue weighted by atomic mass is 10.1. The molecule has 0 unspecified atom stereocenters. The Kier molecular flexibility index (Phi) is 4.05. The van der Waals surface area contributed by atoms with Gasteiger partial charge in [0.15, 0.2) is 0 Å². The largest absolute Gasteiger partial charge is 0.293 e. The molecule has 2 aliphatic heterocycles. The summed E-state index contributed by atoms with van der Waals surface area (Å²) in [6.07, 6.45) is 0. The Morgan fingerprint density at radius 2 is 1.73 bits per heavy atom. The summed E-state index contributed by atoms with van der Waals surface area (Å²) in [6.45, 7) is 0.561. The van der Waals surface area contributed by atoms with Crippen molar-refractivity contribution in [1.29, 1.82) is 0 Å². The van der Waals surface area contributed by atoms with Gasteiger partial charge in [-0.05, 0) is 24.3 Å². The van der Waals surface area contributed by atoms with Crippen LogP contribution in [0.25, 0.3) is 0 Å². The van der Waals surface area contributed by atoms with Crippen LogP contribution in [-0.2, 0) is 4.79 Å². The Bertz CT molecular complexity index is 935. The van der Waals surface area contributed by atoms with Crippen molar-refractivity contribution in [2.45, 2.75) is 0 Å². The summed E-state index contributed by atoms with van der Waals surface area (Å²) in [7, 11) is 0. The maximum atomic E-state index is 12.8. The summed E-state index contributed by atoms with van der Waals surface area (Å²) in [5, 5.41) is 0.546. The van der Waals surface area contributed by atoms with Crippen LogP contribution in [0.2, 0.25) is 5.02 Å². The number of imide groups is 1. The molecule has 4 rings (SSSR count). The Morgan fingerprint density at radius 1 is 1.04 bits per heavy atom. The molecule has 0 atom stereocenters. The molecule has 0 aromatic heterocycles. The number of nitrogens with zero attached hydrogens (tertiary/aromatic N) is 3. The van der Waals surface area contributed by atoms with Gasteiger partial charge in [-0.2, -0.15) is 0 Å². The molecule has 0 fully saturated rings. The van der Waals surface area contributed by atoms with E-state index in [4.69, 9.17) is 11.6 Å². The second-order valence-electron chi connectivity index (χ2n) is 6.00. The van der Waals surface area contributed by atoms with Gasteiger partial charge in [0.2, 0.25) is 5.91 Å². The van der Waals surface area contributed by atoms with Crippen LogP contribution in [-0.4, -0.2) is 53.0 Å². The van der Waals surface area contributed by atoms with Crippen molar-refractivity contribution in [2.75, 3.05) is 19.6 Å². The maximum absolute atomic E-state index is 12.8. The Balaban J connectivity index is 1.55. The number of rotatable bonds is 3. The van der Waals surface area contributed by atoms with Gasteiger partial charge in [-0.25, -0.2) is 0 Å². The van der Waals surface area contributed by atoms with E-state index in [-0.39, 0.29) is 12.5 Å². The Hall–Kier alpha value is -2.99. The molecular weight excluding hydrogens is 354 g/mol. The molecule has 0 bridgehead atoms. The van der Waals surface area contributed by atoms with E-state index >= 15 is 0 Å². The highest BCUT2D eigenvalue weighted by atomic mass is 35.5. The van der Waals surface area contributed by atoms with Crippen molar-refractivity contribution in [1.82, 2.24) is 9.80 Å². The van der Waals surface area contributed by atoms with E-state index in [2.05, 4.69) is 4.99 Å². The van der Waals surface area contributed by atoms with E-state index in [1.54, 1.807) is 42.5 Å². The first-order valence-electron chi connectivity index (χ1n) is 8.12. The number of fused-ring (bicyclic) bond motifs is 1. The zero-order valence-corrected chi connectivity index (χ0v) is 14.4. The maximum Gasteiger partial charge on any atom is 0.262 e. The SMILES string of the molecule is O=C(CN1C(=O)c2ccccc2C1=O)N1CCN=C1c1cccc(Cl)c1. The highest BCUT2D eigenvalue weighted by Gasteiger charge is 2.38. The van der Waals surface area contributed by atoms with Gasteiger partial charge in [-0.3, -0.25) is 29.2 Å². The third-order valence-electron chi connectivity index (χ3n) is 4.40. The van der Waals surface area contributed by atoms with Gasteiger partial charge >= 0.3 is 0 Å². The van der Waals surface area contributed by atoms with Gasteiger partial charge in [0, 0.05) is 17.1 Å². The topological polar surface area (TPSA) is 70.1 Å².